The molecule has 5 aliphatic heterocycles. The highest BCUT2D eigenvalue weighted by molar-refractivity contribution is 7.92. The lowest BCUT2D eigenvalue weighted by Crippen LogP contribution is -2.52. The van der Waals surface area contributed by atoms with E-state index >= 15 is 4.39 Å². The van der Waals surface area contributed by atoms with E-state index in [1.807, 2.05) is 42.5 Å². The van der Waals surface area contributed by atoms with E-state index in [9.17, 15) is 22.8 Å². The number of H-pyrrole nitrogens is 1. The number of rotatable bonds is 14. The number of carbonyl (C=O) groups is 3. The summed E-state index contributed by atoms with van der Waals surface area (Å²) in [5.74, 6) is 0.0846. The Morgan fingerprint density at radius 3 is 2.52 bits per heavy atom. The molecule has 0 spiro atoms. The van der Waals surface area contributed by atoms with Gasteiger partial charge in [0, 0.05) is 100 Å². The summed E-state index contributed by atoms with van der Waals surface area (Å²) in [5.41, 5.74) is 6.42. The van der Waals surface area contributed by atoms with E-state index in [0.717, 1.165) is 80.9 Å². The number of nitrogens with one attached hydrogen (secondary N) is 6. The normalized spacial score (nSPS) is 19.3. The summed E-state index contributed by atoms with van der Waals surface area (Å²) in [4.78, 5) is 55.5. The molecule has 5 aromatic rings. The number of sulfonamides is 1. The van der Waals surface area contributed by atoms with Gasteiger partial charge in [-0.25, -0.2) is 12.8 Å². The van der Waals surface area contributed by atoms with Crippen molar-refractivity contribution >= 4 is 79.0 Å². The summed E-state index contributed by atoms with van der Waals surface area (Å²) in [5, 5.41) is 16.9. The lowest BCUT2D eigenvalue weighted by atomic mass is 9.98. The Labute approximate surface area is 370 Å². The van der Waals surface area contributed by atoms with Crippen molar-refractivity contribution in [3.05, 3.63) is 89.4 Å². The molecular weight excluding hydrogens is 840 g/mol. The molecule has 19 heteroatoms. The zero-order valence-corrected chi connectivity index (χ0v) is 36.3. The van der Waals surface area contributed by atoms with Crippen LogP contribution in [0.4, 0.5) is 44.6 Å². The van der Waals surface area contributed by atoms with Crippen LogP contribution >= 0.6 is 0 Å². The van der Waals surface area contributed by atoms with Crippen molar-refractivity contribution in [2.24, 2.45) is 5.92 Å². The van der Waals surface area contributed by atoms with Gasteiger partial charge in [-0.05, 0) is 85.3 Å². The van der Waals surface area contributed by atoms with Gasteiger partial charge in [-0.2, -0.15) is 9.97 Å². The average molecular weight is 891 g/mol. The van der Waals surface area contributed by atoms with Crippen LogP contribution in [-0.2, 0) is 32.6 Å². The molecule has 17 nitrogen and oxygen atoms in total. The summed E-state index contributed by atoms with van der Waals surface area (Å²) in [6.45, 7) is 6.70. The van der Waals surface area contributed by atoms with E-state index in [4.69, 9.17) is 4.98 Å². The highest BCUT2D eigenvalue weighted by Crippen LogP contribution is 2.40. The highest BCUT2D eigenvalue weighted by Gasteiger charge is 2.40. The molecule has 3 fully saturated rings. The standard InChI is InChI=1S/C45H51FN12O5S/c1-64(62,63)58-20-12-28-3-2-4-36(40(28)58)51-42-34-11-15-49-41(34)53-45(54-42)50-31-5-8-37(35(46)22-31)55-18-13-30(14-19-55)48-17-16-47-23-27-24-56(25-27)32-6-7-33-29(21-32)26-57(44(33)61)38-9-10-39(59)52-43(38)60/h2-8,11,15,21-22,27,30,38,47-48H,9-10,12-14,16-20,23-26H2,1H3,(H,52,59,60)(H3,49,50,51,53,54). The van der Waals surface area contributed by atoms with Crippen molar-refractivity contribution < 1.29 is 27.2 Å². The summed E-state index contributed by atoms with van der Waals surface area (Å²) >= 11 is 0. The van der Waals surface area contributed by atoms with Gasteiger partial charge >= 0.3 is 0 Å². The third-order valence-corrected chi connectivity index (χ3v) is 14.2. The Balaban J connectivity index is 0.663. The van der Waals surface area contributed by atoms with Gasteiger partial charge in [-0.1, -0.05) is 12.1 Å². The van der Waals surface area contributed by atoms with Crippen LogP contribution in [-0.4, -0.2) is 117 Å². The summed E-state index contributed by atoms with van der Waals surface area (Å²) < 4.78 is 42.3. The van der Waals surface area contributed by atoms with Gasteiger partial charge in [0.1, 0.15) is 23.3 Å². The molecule has 64 heavy (non-hydrogen) atoms. The van der Waals surface area contributed by atoms with Crippen molar-refractivity contribution in [2.45, 2.75) is 50.7 Å². The number of nitrogens with zero attached hydrogens (tertiary/aromatic N) is 6. The molecule has 0 bridgehead atoms. The molecule has 5 aliphatic rings. The number of anilines is 7. The predicted octanol–water partition coefficient (Wildman–Crippen LogP) is 3.95. The van der Waals surface area contributed by atoms with E-state index < -0.39 is 22.0 Å². The minimum Gasteiger partial charge on any atom is -0.371 e. The maximum Gasteiger partial charge on any atom is 0.255 e. The monoisotopic (exact) mass is 890 g/mol. The molecule has 7 heterocycles. The SMILES string of the molecule is CS(=O)(=O)N1CCc2cccc(Nc3nc(Nc4ccc(N5CCC(NCCNCC6CN(c7ccc8c(c7)CN(C7CCC(=O)NC7=O)C8=O)C6)CC5)c(F)c4)nc4[nH]ccc34)c21. The molecule has 3 amide bonds. The molecule has 3 aromatic carbocycles. The number of aromatic amines is 1. The molecule has 0 radical (unpaired) electrons. The predicted molar refractivity (Wildman–Crippen MR) is 243 cm³/mol. The van der Waals surface area contributed by atoms with Crippen LogP contribution in [0.5, 0.6) is 0 Å². The Morgan fingerprint density at radius 2 is 1.72 bits per heavy atom. The summed E-state index contributed by atoms with van der Waals surface area (Å²) in [6.07, 6.45) is 5.99. The second-order valence-electron chi connectivity index (χ2n) is 17.4. The number of fused-ring (bicyclic) bond motifs is 3. The zero-order chi connectivity index (χ0) is 44.1. The van der Waals surface area contributed by atoms with Gasteiger partial charge in [0.25, 0.3) is 5.91 Å². The fourth-order valence-corrected chi connectivity index (χ4v) is 10.7. The molecule has 0 saturated carbocycles. The van der Waals surface area contributed by atoms with Crippen LogP contribution in [0.15, 0.2) is 66.9 Å². The Hall–Kier alpha value is -6.31. The van der Waals surface area contributed by atoms with Gasteiger partial charge in [0.05, 0.1) is 28.7 Å². The van der Waals surface area contributed by atoms with Crippen molar-refractivity contribution in [3.8, 4) is 0 Å². The van der Waals surface area contributed by atoms with Gasteiger partial charge in [-0.3, -0.25) is 24.0 Å². The van der Waals surface area contributed by atoms with Crippen LogP contribution in [0.25, 0.3) is 11.0 Å². The maximum atomic E-state index is 15.7. The topological polar surface area (TPSA) is 200 Å². The Kier molecular flexibility index (Phi) is 11.1. The third-order valence-electron chi connectivity index (χ3n) is 13.1. The fourth-order valence-electron chi connectivity index (χ4n) is 9.71. The molecule has 0 aliphatic carbocycles. The molecule has 1 unspecified atom stereocenters. The van der Waals surface area contributed by atoms with E-state index in [2.05, 4.69) is 52.4 Å². The van der Waals surface area contributed by atoms with Crippen LogP contribution in [0, 0.1) is 11.7 Å². The smallest absolute Gasteiger partial charge is 0.255 e. The van der Waals surface area contributed by atoms with Crippen LogP contribution in [0.3, 0.4) is 0 Å². The number of carbonyl (C=O) groups excluding carboxylic acids is 3. The van der Waals surface area contributed by atoms with E-state index in [-0.39, 0.29) is 30.0 Å². The number of aromatic nitrogens is 3. The number of hydrogen-bond acceptors (Lipinski definition) is 13. The fraction of sp³-hybridized carbons (Fsp3) is 0.400. The largest absolute Gasteiger partial charge is 0.371 e. The lowest BCUT2D eigenvalue weighted by molar-refractivity contribution is -0.136. The second kappa shape index (κ2) is 17.0. The number of amides is 3. The number of imide groups is 1. The summed E-state index contributed by atoms with van der Waals surface area (Å²) in [7, 11) is -3.47. The van der Waals surface area contributed by atoms with Crippen LogP contribution < -0.4 is 40.7 Å². The van der Waals surface area contributed by atoms with E-state index in [1.54, 1.807) is 17.2 Å². The number of piperidine rings is 2. The molecule has 2 aromatic heterocycles. The van der Waals surface area contributed by atoms with E-state index in [1.165, 1.54) is 16.6 Å². The number of halogens is 1. The van der Waals surface area contributed by atoms with Crippen molar-refractivity contribution in [3.63, 3.8) is 0 Å². The lowest BCUT2D eigenvalue weighted by Gasteiger charge is -2.41. The number of para-hydroxylation sites is 1. The average Bonchev–Trinajstić information content (AvgIpc) is 4.00. The van der Waals surface area contributed by atoms with Gasteiger partial charge in [0.15, 0.2) is 0 Å². The molecule has 1 atom stereocenters. The second-order valence-corrected chi connectivity index (χ2v) is 19.3. The Morgan fingerprint density at radius 1 is 0.875 bits per heavy atom. The first-order valence-corrected chi connectivity index (χ1v) is 23.8. The molecule has 3 saturated heterocycles. The van der Waals surface area contributed by atoms with Crippen LogP contribution in [0.1, 0.15) is 47.2 Å². The van der Waals surface area contributed by atoms with Crippen molar-refractivity contribution in [1.29, 1.82) is 0 Å². The van der Waals surface area contributed by atoms with Crippen molar-refractivity contribution in [1.82, 2.24) is 35.8 Å². The maximum absolute atomic E-state index is 15.7. The number of benzene rings is 3. The van der Waals surface area contributed by atoms with Gasteiger partial charge in [-0.15, -0.1) is 0 Å². The van der Waals surface area contributed by atoms with E-state index in [0.29, 0.717) is 77.7 Å². The minimum absolute atomic E-state index is 0.154. The molecule has 10 rings (SSSR count). The molecule has 6 N–H and O–H groups in total. The van der Waals surface area contributed by atoms with Crippen LogP contribution in [0.2, 0.25) is 0 Å². The first-order valence-electron chi connectivity index (χ1n) is 21.9. The minimum atomic E-state index is -3.47. The van der Waals surface area contributed by atoms with Gasteiger partial charge in [0.2, 0.25) is 27.8 Å². The first-order chi connectivity index (χ1) is 30.9. The number of hydrogen-bond donors (Lipinski definition) is 6. The molecular formula is C45H51FN12O5S. The van der Waals surface area contributed by atoms with Crippen molar-refractivity contribution in [2.75, 3.05) is 83.4 Å². The highest BCUT2D eigenvalue weighted by atomic mass is 32.2. The third kappa shape index (κ3) is 8.30. The quantitative estimate of drug-likeness (QED) is 0.0693. The molecule has 334 valence electrons. The zero-order valence-electron chi connectivity index (χ0n) is 35.5. The van der Waals surface area contributed by atoms with Gasteiger partial charge < -0.3 is 41.0 Å². The Bertz CT molecular complexity index is 2750. The first kappa shape index (κ1) is 41.7. The summed E-state index contributed by atoms with van der Waals surface area (Å²) in [6, 6.07) is 18.2.